The second-order valence-electron chi connectivity index (χ2n) is 6.14. The molecule has 1 N–H and O–H groups in total. The van der Waals surface area contributed by atoms with E-state index in [0.29, 0.717) is 16.5 Å². The monoisotopic (exact) mass is 347 g/mol. The van der Waals surface area contributed by atoms with Crippen LogP contribution in [-0.2, 0) is 11.2 Å². The molecule has 0 radical (unpaired) electrons. The van der Waals surface area contributed by atoms with Gasteiger partial charge in [-0.1, -0.05) is 37.6 Å². The molecule has 0 aliphatic heterocycles. The van der Waals surface area contributed by atoms with Crippen molar-refractivity contribution in [1.82, 2.24) is 0 Å². The lowest BCUT2D eigenvalue weighted by Gasteiger charge is -2.04. The lowest BCUT2D eigenvalue weighted by molar-refractivity contribution is -0.111. The van der Waals surface area contributed by atoms with Gasteiger partial charge in [0.2, 0.25) is 5.91 Å². The molecule has 0 fully saturated rings. The molecule has 3 rings (SSSR count). The maximum Gasteiger partial charge on any atom is 0.248 e. The summed E-state index contributed by atoms with van der Waals surface area (Å²) in [6, 6.07) is 14.9. The fourth-order valence-corrected chi connectivity index (χ4v) is 2.69. The van der Waals surface area contributed by atoms with Crippen molar-refractivity contribution in [2.24, 2.45) is 0 Å². The molecule has 4 nitrogen and oxygen atoms in total. The summed E-state index contributed by atoms with van der Waals surface area (Å²) in [7, 11) is 0. The van der Waals surface area contributed by atoms with Crippen LogP contribution in [0.4, 0.5) is 5.69 Å². The van der Waals surface area contributed by atoms with Crippen LogP contribution < -0.4 is 10.7 Å². The SMILES string of the molecule is CCCCc1ccc(NC(=O)/C=C/c2coc3ccccc3c2=O)cc1. The molecular weight excluding hydrogens is 326 g/mol. The van der Waals surface area contributed by atoms with Crippen molar-refractivity contribution in [3.63, 3.8) is 0 Å². The van der Waals surface area contributed by atoms with E-state index in [-0.39, 0.29) is 11.3 Å². The Bertz CT molecular complexity index is 984. The Morgan fingerprint density at radius 3 is 2.65 bits per heavy atom. The van der Waals surface area contributed by atoms with Crippen LogP contribution in [0.25, 0.3) is 17.0 Å². The van der Waals surface area contributed by atoms with Gasteiger partial charge < -0.3 is 9.73 Å². The first-order valence-corrected chi connectivity index (χ1v) is 8.76. The number of carbonyl (C=O) groups excluding carboxylic acids is 1. The highest BCUT2D eigenvalue weighted by Gasteiger charge is 2.05. The van der Waals surface area contributed by atoms with Crippen LogP contribution in [0, 0.1) is 0 Å². The van der Waals surface area contributed by atoms with Crippen LogP contribution in [0.15, 0.2) is 70.1 Å². The zero-order valence-electron chi connectivity index (χ0n) is 14.7. The van der Waals surface area contributed by atoms with Crippen LogP contribution in [0.3, 0.4) is 0 Å². The maximum absolute atomic E-state index is 12.4. The number of aryl methyl sites for hydroxylation is 1. The molecule has 0 spiro atoms. The largest absolute Gasteiger partial charge is 0.463 e. The number of anilines is 1. The third kappa shape index (κ3) is 4.28. The lowest BCUT2D eigenvalue weighted by Crippen LogP contribution is -2.09. The van der Waals surface area contributed by atoms with E-state index in [4.69, 9.17) is 4.42 Å². The number of amides is 1. The van der Waals surface area contributed by atoms with Crippen LogP contribution in [0.5, 0.6) is 0 Å². The minimum atomic E-state index is -0.293. The lowest BCUT2D eigenvalue weighted by atomic mass is 10.1. The number of para-hydroxylation sites is 1. The zero-order valence-corrected chi connectivity index (χ0v) is 14.7. The Labute approximate surface area is 152 Å². The first kappa shape index (κ1) is 17.7. The Morgan fingerprint density at radius 2 is 1.88 bits per heavy atom. The highest BCUT2D eigenvalue weighted by atomic mass is 16.3. The van der Waals surface area contributed by atoms with Gasteiger partial charge in [-0.15, -0.1) is 0 Å². The molecule has 0 aliphatic carbocycles. The van der Waals surface area contributed by atoms with E-state index in [1.54, 1.807) is 18.2 Å². The number of unbranched alkanes of at least 4 members (excludes halogenated alkanes) is 1. The summed E-state index contributed by atoms with van der Waals surface area (Å²) < 4.78 is 5.44. The van der Waals surface area contributed by atoms with Crippen molar-refractivity contribution in [1.29, 1.82) is 0 Å². The molecule has 0 saturated heterocycles. The minimum absolute atomic E-state index is 0.156. The molecule has 0 saturated carbocycles. The van der Waals surface area contributed by atoms with Crippen LogP contribution in [0.2, 0.25) is 0 Å². The van der Waals surface area contributed by atoms with Crippen molar-refractivity contribution in [2.45, 2.75) is 26.2 Å². The number of hydrogen-bond donors (Lipinski definition) is 1. The van der Waals surface area contributed by atoms with E-state index in [9.17, 15) is 9.59 Å². The number of fused-ring (bicyclic) bond motifs is 1. The quantitative estimate of drug-likeness (QED) is 0.652. The summed E-state index contributed by atoms with van der Waals surface area (Å²) in [6.45, 7) is 2.16. The van der Waals surface area contributed by atoms with Gasteiger partial charge in [0.25, 0.3) is 0 Å². The second-order valence-corrected chi connectivity index (χ2v) is 6.14. The fraction of sp³-hybridized carbons (Fsp3) is 0.182. The van der Waals surface area contributed by atoms with Crippen molar-refractivity contribution >= 4 is 28.6 Å². The van der Waals surface area contributed by atoms with Gasteiger partial charge in [-0.25, -0.2) is 0 Å². The van der Waals surface area contributed by atoms with Gasteiger partial charge >= 0.3 is 0 Å². The van der Waals surface area contributed by atoms with Gasteiger partial charge in [-0.3, -0.25) is 9.59 Å². The average molecular weight is 347 g/mol. The predicted molar refractivity (Wildman–Crippen MR) is 105 cm³/mol. The summed E-state index contributed by atoms with van der Waals surface area (Å²) in [5.41, 5.74) is 2.70. The standard InChI is InChI=1S/C22H21NO3/c1-2-3-6-16-9-12-18(13-10-16)23-21(24)14-11-17-15-26-20-8-5-4-7-19(20)22(17)25/h4-5,7-15H,2-3,6H2,1H3,(H,23,24)/b14-11+. The molecule has 3 aromatic rings. The minimum Gasteiger partial charge on any atom is -0.463 e. The molecule has 2 aromatic carbocycles. The van der Waals surface area contributed by atoms with Gasteiger partial charge in [0, 0.05) is 11.8 Å². The summed E-state index contributed by atoms with van der Waals surface area (Å²) in [5, 5.41) is 3.29. The summed E-state index contributed by atoms with van der Waals surface area (Å²) >= 11 is 0. The van der Waals surface area contributed by atoms with Gasteiger partial charge in [-0.05, 0) is 48.7 Å². The Hall–Kier alpha value is -3.14. The van der Waals surface area contributed by atoms with E-state index >= 15 is 0 Å². The third-order valence-corrected chi connectivity index (χ3v) is 4.16. The number of benzene rings is 2. The smallest absolute Gasteiger partial charge is 0.248 e. The van der Waals surface area contributed by atoms with Crippen molar-refractivity contribution < 1.29 is 9.21 Å². The van der Waals surface area contributed by atoms with E-state index in [2.05, 4.69) is 12.2 Å². The highest BCUT2D eigenvalue weighted by Crippen LogP contribution is 2.13. The zero-order chi connectivity index (χ0) is 18.4. The molecule has 4 heteroatoms. The van der Waals surface area contributed by atoms with Gasteiger partial charge in [0.15, 0.2) is 5.43 Å². The molecule has 132 valence electrons. The average Bonchev–Trinajstić information content (AvgIpc) is 2.67. The number of rotatable bonds is 6. The number of carbonyl (C=O) groups is 1. The van der Waals surface area contributed by atoms with Crippen molar-refractivity contribution in [3.05, 3.63) is 82.2 Å². The molecule has 0 atom stereocenters. The molecule has 0 aliphatic rings. The summed E-state index contributed by atoms with van der Waals surface area (Å²) in [4.78, 5) is 24.5. The molecule has 1 aromatic heterocycles. The Balaban J connectivity index is 1.68. The van der Waals surface area contributed by atoms with Gasteiger partial charge in [-0.2, -0.15) is 0 Å². The van der Waals surface area contributed by atoms with Crippen LogP contribution in [-0.4, -0.2) is 5.91 Å². The van der Waals surface area contributed by atoms with Gasteiger partial charge in [0.05, 0.1) is 10.9 Å². The number of hydrogen-bond acceptors (Lipinski definition) is 3. The van der Waals surface area contributed by atoms with E-state index < -0.39 is 0 Å². The highest BCUT2D eigenvalue weighted by molar-refractivity contribution is 6.02. The van der Waals surface area contributed by atoms with Gasteiger partial charge in [0.1, 0.15) is 11.8 Å². The van der Waals surface area contributed by atoms with Crippen LogP contribution >= 0.6 is 0 Å². The normalized spacial score (nSPS) is 11.1. The predicted octanol–water partition coefficient (Wildman–Crippen LogP) is 4.79. The van der Waals surface area contributed by atoms with Crippen LogP contribution in [0.1, 0.15) is 30.9 Å². The number of nitrogens with one attached hydrogen (secondary N) is 1. The van der Waals surface area contributed by atoms with E-state index in [1.807, 2.05) is 30.3 Å². The molecule has 0 unspecified atom stereocenters. The molecule has 26 heavy (non-hydrogen) atoms. The summed E-state index contributed by atoms with van der Waals surface area (Å²) in [6.07, 6.45) is 7.55. The Morgan fingerprint density at radius 1 is 1.12 bits per heavy atom. The fourth-order valence-electron chi connectivity index (χ4n) is 2.69. The first-order valence-electron chi connectivity index (χ1n) is 8.76. The first-order chi connectivity index (χ1) is 12.7. The molecule has 1 heterocycles. The van der Waals surface area contributed by atoms with Crippen molar-refractivity contribution in [3.8, 4) is 0 Å². The maximum atomic E-state index is 12.4. The molecule has 0 bridgehead atoms. The summed E-state index contributed by atoms with van der Waals surface area (Å²) in [5.74, 6) is -0.293. The topological polar surface area (TPSA) is 59.3 Å². The molecule has 1 amide bonds. The van der Waals surface area contributed by atoms with E-state index in [0.717, 1.165) is 24.9 Å². The molecular formula is C22H21NO3. The third-order valence-electron chi connectivity index (χ3n) is 4.16. The second kappa shape index (κ2) is 8.30. The Kier molecular flexibility index (Phi) is 5.64. The van der Waals surface area contributed by atoms with E-state index in [1.165, 1.54) is 24.0 Å². The van der Waals surface area contributed by atoms with Crippen molar-refractivity contribution in [2.75, 3.05) is 5.32 Å².